The quantitative estimate of drug-likeness (QED) is 0.848. The van der Waals surface area contributed by atoms with Crippen molar-refractivity contribution in [1.29, 1.82) is 10.5 Å². The molecule has 0 aliphatic carbocycles. The summed E-state index contributed by atoms with van der Waals surface area (Å²) in [4.78, 5) is 0. The predicted octanol–water partition coefficient (Wildman–Crippen LogP) is 3.03. The first-order chi connectivity index (χ1) is 9.95. The van der Waals surface area contributed by atoms with Gasteiger partial charge in [0.2, 0.25) is 0 Å². The number of hydrogen-bond donors (Lipinski definition) is 0. The Kier molecular flexibility index (Phi) is 3.72. The summed E-state index contributed by atoms with van der Waals surface area (Å²) in [5.74, 6) is -0.895. The summed E-state index contributed by atoms with van der Waals surface area (Å²) in [6.07, 6.45) is -3.49. The van der Waals surface area contributed by atoms with E-state index in [-0.39, 0.29) is 17.0 Å². The fourth-order valence-corrected chi connectivity index (χ4v) is 1.49. The molecule has 0 fully saturated rings. The zero-order valence-corrected chi connectivity index (χ0v) is 10.2. The first-order valence-corrected chi connectivity index (χ1v) is 5.46. The van der Waals surface area contributed by atoms with E-state index in [9.17, 15) is 13.2 Å². The molecule has 104 valence electrons. The molecule has 2 rings (SSSR count). The summed E-state index contributed by atoms with van der Waals surface area (Å²) in [5.41, 5.74) is -1.34. The molecule has 0 aliphatic rings. The van der Waals surface area contributed by atoms with Crippen molar-refractivity contribution in [3.63, 3.8) is 0 Å². The van der Waals surface area contributed by atoms with Crippen LogP contribution in [0.4, 0.5) is 13.2 Å². The second-order valence-electron chi connectivity index (χ2n) is 3.78. The van der Waals surface area contributed by atoms with Gasteiger partial charge in [-0.3, -0.25) is 0 Å². The van der Waals surface area contributed by atoms with Crippen molar-refractivity contribution < 1.29 is 17.9 Å². The van der Waals surface area contributed by atoms with Crippen LogP contribution in [-0.2, 0) is 6.18 Å². The zero-order chi connectivity index (χ0) is 15.5. The molecule has 0 N–H and O–H groups in total. The number of ether oxygens (including phenoxy) is 1. The summed E-state index contributed by atoms with van der Waals surface area (Å²) in [7, 11) is 0. The van der Waals surface area contributed by atoms with Gasteiger partial charge in [-0.1, -0.05) is 0 Å². The number of hydrogen-bond acceptors (Lipinski definition) is 5. The number of benzene rings is 1. The smallest absolute Gasteiger partial charge is 0.420 e. The molecule has 0 bridgehead atoms. The summed E-state index contributed by atoms with van der Waals surface area (Å²) in [6.45, 7) is 0. The van der Waals surface area contributed by atoms with E-state index in [1.165, 1.54) is 18.3 Å². The molecule has 0 atom stereocenters. The molecule has 1 heterocycles. The molecule has 0 saturated heterocycles. The Labute approximate surface area is 116 Å². The van der Waals surface area contributed by atoms with Crippen LogP contribution in [0.2, 0.25) is 0 Å². The van der Waals surface area contributed by atoms with E-state index in [0.717, 1.165) is 6.07 Å². The predicted molar refractivity (Wildman–Crippen MR) is 63.0 cm³/mol. The number of aromatic nitrogens is 2. The third-order valence-corrected chi connectivity index (χ3v) is 2.43. The monoisotopic (exact) mass is 290 g/mol. The molecule has 0 unspecified atom stereocenters. The number of nitrogens with zero attached hydrogens (tertiary/aromatic N) is 4. The largest absolute Gasteiger partial charge is 0.436 e. The molecule has 0 aliphatic heterocycles. The molecule has 0 saturated carbocycles. The van der Waals surface area contributed by atoms with Gasteiger partial charge in [-0.15, -0.1) is 5.10 Å². The summed E-state index contributed by atoms with van der Waals surface area (Å²) < 4.78 is 43.9. The maximum Gasteiger partial charge on any atom is 0.420 e. The van der Waals surface area contributed by atoms with E-state index in [4.69, 9.17) is 15.3 Å². The number of nitriles is 2. The van der Waals surface area contributed by atoms with E-state index in [0.29, 0.717) is 6.07 Å². The average molecular weight is 290 g/mol. The van der Waals surface area contributed by atoms with Gasteiger partial charge in [0.25, 0.3) is 5.88 Å². The minimum Gasteiger partial charge on any atom is -0.436 e. The maximum atomic E-state index is 13.0. The number of alkyl halides is 3. The fourth-order valence-electron chi connectivity index (χ4n) is 1.49. The Morgan fingerprint density at radius 3 is 2.48 bits per heavy atom. The van der Waals surface area contributed by atoms with Gasteiger partial charge in [0.15, 0.2) is 0 Å². The second kappa shape index (κ2) is 5.47. The molecular formula is C13H5F3N4O. The molecule has 0 radical (unpaired) electrons. The van der Waals surface area contributed by atoms with Gasteiger partial charge in [0, 0.05) is 0 Å². The third kappa shape index (κ3) is 3.07. The molecule has 1 aromatic heterocycles. The minimum absolute atomic E-state index is 0.0533. The normalized spacial score (nSPS) is 10.5. The first kappa shape index (κ1) is 14.3. The molecule has 5 nitrogen and oxygen atoms in total. The lowest BCUT2D eigenvalue weighted by Gasteiger charge is -2.13. The highest BCUT2D eigenvalue weighted by Crippen LogP contribution is 2.38. The number of halogens is 3. The van der Waals surface area contributed by atoms with Gasteiger partial charge in [0.05, 0.1) is 23.4 Å². The fraction of sp³-hybridized carbons (Fsp3) is 0.0769. The first-order valence-electron chi connectivity index (χ1n) is 5.46. The van der Waals surface area contributed by atoms with E-state index in [1.807, 2.05) is 0 Å². The summed E-state index contributed by atoms with van der Waals surface area (Å²) >= 11 is 0. The lowest BCUT2D eigenvalue weighted by molar-refractivity contribution is -0.138. The van der Waals surface area contributed by atoms with Crippen LogP contribution in [0.1, 0.15) is 16.7 Å². The van der Waals surface area contributed by atoms with E-state index in [1.54, 1.807) is 12.1 Å². The van der Waals surface area contributed by atoms with Crippen molar-refractivity contribution in [2.75, 3.05) is 0 Å². The van der Waals surface area contributed by atoms with Crippen LogP contribution in [0.5, 0.6) is 11.6 Å². The molecule has 0 spiro atoms. The van der Waals surface area contributed by atoms with Crippen LogP contribution in [0.3, 0.4) is 0 Å². The van der Waals surface area contributed by atoms with Crippen LogP contribution >= 0.6 is 0 Å². The minimum atomic E-state index is -4.71. The Morgan fingerprint density at radius 2 is 1.86 bits per heavy atom. The lowest BCUT2D eigenvalue weighted by atomic mass is 10.1. The highest BCUT2D eigenvalue weighted by atomic mass is 19.4. The summed E-state index contributed by atoms with van der Waals surface area (Å²) in [6, 6.07) is 7.45. The van der Waals surface area contributed by atoms with Gasteiger partial charge in [-0.25, -0.2) is 0 Å². The summed E-state index contributed by atoms with van der Waals surface area (Å²) in [5, 5.41) is 24.5. The Balaban J connectivity index is 2.50. The third-order valence-electron chi connectivity index (χ3n) is 2.43. The van der Waals surface area contributed by atoms with Crippen molar-refractivity contribution >= 4 is 0 Å². The van der Waals surface area contributed by atoms with Gasteiger partial charge in [-0.2, -0.15) is 28.8 Å². The Bertz CT molecular complexity index is 759. The van der Waals surface area contributed by atoms with Gasteiger partial charge in [-0.05, 0) is 24.3 Å². The SMILES string of the molecule is N#Cc1ccc(Oc2nnccc2C#N)c(C(F)(F)F)c1. The zero-order valence-electron chi connectivity index (χ0n) is 10.2. The van der Waals surface area contributed by atoms with Gasteiger partial charge in [0.1, 0.15) is 17.4 Å². The highest BCUT2D eigenvalue weighted by Gasteiger charge is 2.35. The van der Waals surface area contributed by atoms with Crippen molar-refractivity contribution in [1.82, 2.24) is 10.2 Å². The van der Waals surface area contributed by atoms with Crippen LogP contribution in [0, 0.1) is 22.7 Å². The molecule has 8 heteroatoms. The molecule has 0 amide bonds. The maximum absolute atomic E-state index is 13.0. The van der Waals surface area contributed by atoms with E-state index < -0.39 is 17.5 Å². The van der Waals surface area contributed by atoms with E-state index in [2.05, 4.69) is 10.2 Å². The van der Waals surface area contributed by atoms with Crippen LogP contribution in [0.15, 0.2) is 30.5 Å². The molecule has 2 aromatic rings. The van der Waals surface area contributed by atoms with Crippen molar-refractivity contribution in [3.8, 4) is 23.8 Å². The average Bonchev–Trinajstić information content (AvgIpc) is 2.47. The second-order valence-corrected chi connectivity index (χ2v) is 3.78. The molecule has 21 heavy (non-hydrogen) atoms. The van der Waals surface area contributed by atoms with Crippen molar-refractivity contribution in [2.45, 2.75) is 6.18 Å². The van der Waals surface area contributed by atoms with Crippen LogP contribution in [0.25, 0.3) is 0 Å². The van der Waals surface area contributed by atoms with Crippen LogP contribution in [-0.4, -0.2) is 10.2 Å². The van der Waals surface area contributed by atoms with Crippen molar-refractivity contribution in [2.24, 2.45) is 0 Å². The van der Waals surface area contributed by atoms with Crippen LogP contribution < -0.4 is 4.74 Å². The standard InChI is InChI=1S/C13H5F3N4O/c14-13(15,16)10-5-8(6-17)1-2-11(10)21-12-9(7-18)3-4-19-20-12/h1-5H. The van der Waals surface area contributed by atoms with Gasteiger partial charge >= 0.3 is 6.18 Å². The van der Waals surface area contributed by atoms with E-state index >= 15 is 0 Å². The topological polar surface area (TPSA) is 82.6 Å². The lowest BCUT2D eigenvalue weighted by Crippen LogP contribution is -2.08. The molecule has 1 aromatic carbocycles. The molecular weight excluding hydrogens is 285 g/mol. The Morgan fingerprint density at radius 1 is 1.10 bits per heavy atom. The van der Waals surface area contributed by atoms with Gasteiger partial charge < -0.3 is 4.74 Å². The van der Waals surface area contributed by atoms with Crippen molar-refractivity contribution in [3.05, 3.63) is 47.2 Å². The highest BCUT2D eigenvalue weighted by molar-refractivity contribution is 5.46. The number of rotatable bonds is 2. The Hall–Kier alpha value is -3.13.